The van der Waals surface area contributed by atoms with Crippen molar-refractivity contribution >= 4 is 11.9 Å². The number of nitrogens with zero attached hydrogens (tertiary/aromatic N) is 1. The Balaban J connectivity index is 2.36. The molecule has 3 heteroatoms. The molecule has 0 bridgehead atoms. The predicted octanol–water partition coefficient (Wildman–Crippen LogP) is 1.08. The molecule has 2 atom stereocenters. The largest absolute Gasteiger partial charge is 0.328 e. The van der Waals surface area contributed by atoms with Gasteiger partial charge in [0.1, 0.15) is 0 Å². The highest BCUT2D eigenvalue weighted by molar-refractivity contribution is 7.96. The Kier molecular flexibility index (Phi) is 3.01. The second-order valence-electron chi connectivity index (χ2n) is 2.96. The molecule has 0 aromatic heterocycles. The van der Waals surface area contributed by atoms with Crippen molar-refractivity contribution in [3.8, 4) is 0 Å². The minimum Gasteiger partial charge on any atom is -0.328 e. The van der Waals surface area contributed by atoms with E-state index in [2.05, 4.69) is 17.5 Å². The summed E-state index contributed by atoms with van der Waals surface area (Å²) < 4.78 is 2.41. The molecule has 1 aliphatic heterocycles. The molecule has 0 radical (unpaired) electrons. The molecule has 1 rings (SSSR count). The lowest BCUT2D eigenvalue weighted by Crippen LogP contribution is -2.41. The second-order valence-corrected chi connectivity index (χ2v) is 3.79. The van der Waals surface area contributed by atoms with Crippen LogP contribution in [-0.4, -0.2) is 29.2 Å². The molecule has 1 saturated heterocycles. The molecule has 0 amide bonds. The fourth-order valence-electron chi connectivity index (χ4n) is 1.46. The van der Waals surface area contributed by atoms with E-state index in [-0.39, 0.29) is 0 Å². The van der Waals surface area contributed by atoms with Gasteiger partial charge < -0.3 is 5.73 Å². The number of hydrogen-bond acceptors (Lipinski definition) is 3. The summed E-state index contributed by atoms with van der Waals surface area (Å²) in [6.07, 6.45) is 4.44. The van der Waals surface area contributed by atoms with E-state index in [4.69, 9.17) is 5.73 Å². The van der Waals surface area contributed by atoms with E-state index < -0.39 is 0 Å². The van der Waals surface area contributed by atoms with Crippen molar-refractivity contribution in [2.24, 2.45) is 5.73 Å². The van der Waals surface area contributed by atoms with Crippen LogP contribution in [0.3, 0.4) is 0 Å². The molecule has 0 unspecified atom stereocenters. The monoisotopic (exact) mass is 160 g/mol. The van der Waals surface area contributed by atoms with Gasteiger partial charge in [-0.25, -0.2) is 4.31 Å². The van der Waals surface area contributed by atoms with Crippen molar-refractivity contribution in [3.63, 3.8) is 0 Å². The summed E-state index contributed by atoms with van der Waals surface area (Å²) in [7, 11) is 0. The van der Waals surface area contributed by atoms with E-state index in [1.165, 1.54) is 0 Å². The SMILES string of the molecule is CSN1CC[C@H](N)C[C@@H]1C. The van der Waals surface area contributed by atoms with Crippen LogP contribution in [0.4, 0.5) is 0 Å². The Bertz CT molecular complexity index is 108. The van der Waals surface area contributed by atoms with Gasteiger partial charge in [-0.05, 0) is 26.0 Å². The summed E-state index contributed by atoms with van der Waals surface area (Å²) in [5.74, 6) is 0. The second kappa shape index (κ2) is 3.60. The molecule has 2 N–H and O–H groups in total. The molecule has 0 saturated carbocycles. The third-order valence-electron chi connectivity index (χ3n) is 2.09. The zero-order chi connectivity index (χ0) is 7.56. The minimum absolute atomic E-state index is 0.443. The van der Waals surface area contributed by atoms with Crippen LogP contribution in [0.15, 0.2) is 0 Å². The highest BCUT2D eigenvalue weighted by atomic mass is 32.2. The first-order valence-corrected chi connectivity index (χ1v) is 4.98. The Labute approximate surface area is 67.3 Å². The molecule has 2 nitrogen and oxygen atoms in total. The van der Waals surface area contributed by atoms with Gasteiger partial charge in [-0.15, -0.1) is 0 Å². The number of hydrogen-bond donors (Lipinski definition) is 1. The zero-order valence-corrected chi connectivity index (χ0v) is 7.53. The van der Waals surface area contributed by atoms with Gasteiger partial charge in [0.2, 0.25) is 0 Å². The maximum atomic E-state index is 5.81. The summed E-state index contributed by atoms with van der Waals surface area (Å²) in [5, 5.41) is 0. The number of rotatable bonds is 1. The normalized spacial score (nSPS) is 36.3. The maximum absolute atomic E-state index is 5.81. The van der Waals surface area contributed by atoms with Crippen LogP contribution in [0.1, 0.15) is 19.8 Å². The van der Waals surface area contributed by atoms with Crippen LogP contribution in [0, 0.1) is 0 Å². The molecule has 0 aromatic rings. The van der Waals surface area contributed by atoms with E-state index in [0.29, 0.717) is 12.1 Å². The van der Waals surface area contributed by atoms with Crippen molar-refractivity contribution in [1.29, 1.82) is 0 Å². The molecule has 1 aliphatic rings. The fraction of sp³-hybridized carbons (Fsp3) is 1.00. The highest BCUT2D eigenvalue weighted by Crippen LogP contribution is 2.21. The maximum Gasteiger partial charge on any atom is 0.0188 e. The van der Waals surface area contributed by atoms with Crippen molar-refractivity contribution in [2.75, 3.05) is 12.8 Å². The fourth-order valence-corrected chi connectivity index (χ4v) is 2.19. The van der Waals surface area contributed by atoms with Gasteiger partial charge in [0.05, 0.1) is 0 Å². The van der Waals surface area contributed by atoms with Crippen molar-refractivity contribution < 1.29 is 0 Å². The summed E-state index contributed by atoms with van der Waals surface area (Å²) in [5.41, 5.74) is 5.81. The van der Waals surface area contributed by atoms with Gasteiger partial charge in [-0.1, -0.05) is 11.9 Å². The van der Waals surface area contributed by atoms with Gasteiger partial charge in [-0.3, -0.25) is 0 Å². The first-order chi connectivity index (χ1) is 4.74. The average molecular weight is 160 g/mol. The number of nitrogens with two attached hydrogens (primary N) is 1. The topological polar surface area (TPSA) is 29.3 Å². The molecule has 60 valence electrons. The van der Waals surface area contributed by atoms with E-state index in [9.17, 15) is 0 Å². The van der Waals surface area contributed by atoms with Gasteiger partial charge >= 0.3 is 0 Å². The third-order valence-corrected chi connectivity index (χ3v) is 3.10. The smallest absolute Gasteiger partial charge is 0.0188 e. The van der Waals surface area contributed by atoms with Crippen LogP contribution in [0.5, 0.6) is 0 Å². The predicted molar refractivity (Wildman–Crippen MR) is 46.9 cm³/mol. The quantitative estimate of drug-likeness (QED) is 0.582. The van der Waals surface area contributed by atoms with E-state index in [1.807, 2.05) is 11.9 Å². The van der Waals surface area contributed by atoms with Crippen molar-refractivity contribution in [2.45, 2.75) is 31.8 Å². The molecule has 0 spiro atoms. The van der Waals surface area contributed by atoms with E-state index in [0.717, 1.165) is 19.4 Å². The Morgan fingerprint density at radius 3 is 2.80 bits per heavy atom. The lowest BCUT2D eigenvalue weighted by atomic mass is 10.0. The molecular weight excluding hydrogens is 144 g/mol. The van der Waals surface area contributed by atoms with Gasteiger partial charge in [-0.2, -0.15) is 0 Å². The first kappa shape index (κ1) is 8.37. The molecule has 1 fully saturated rings. The summed E-state index contributed by atoms with van der Waals surface area (Å²) in [6.45, 7) is 3.40. The van der Waals surface area contributed by atoms with Crippen LogP contribution in [0.2, 0.25) is 0 Å². The van der Waals surface area contributed by atoms with Gasteiger partial charge in [0, 0.05) is 18.6 Å². The standard InChI is InChI=1S/C7H16N2S/c1-6-5-7(8)3-4-9(6)10-2/h6-7H,3-5,8H2,1-2H3/t6-,7-/m0/s1. The molecular formula is C7H16N2S. The first-order valence-electron chi connectivity index (χ1n) is 3.80. The lowest BCUT2D eigenvalue weighted by molar-refractivity contribution is 0.268. The molecule has 0 aliphatic carbocycles. The molecule has 0 aromatic carbocycles. The Morgan fingerprint density at radius 2 is 2.30 bits per heavy atom. The molecule has 1 heterocycles. The summed E-state index contributed by atoms with van der Waals surface area (Å²) in [4.78, 5) is 0. The minimum atomic E-state index is 0.443. The summed E-state index contributed by atoms with van der Waals surface area (Å²) >= 11 is 1.83. The summed E-state index contributed by atoms with van der Waals surface area (Å²) in [6, 6.07) is 1.11. The van der Waals surface area contributed by atoms with Gasteiger partial charge in [0.25, 0.3) is 0 Å². The Morgan fingerprint density at radius 1 is 1.60 bits per heavy atom. The van der Waals surface area contributed by atoms with Crippen LogP contribution >= 0.6 is 11.9 Å². The zero-order valence-electron chi connectivity index (χ0n) is 6.71. The van der Waals surface area contributed by atoms with Crippen molar-refractivity contribution in [1.82, 2.24) is 4.31 Å². The van der Waals surface area contributed by atoms with Crippen LogP contribution < -0.4 is 5.73 Å². The highest BCUT2D eigenvalue weighted by Gasteiger charge is 2.21. The third kappa shape index (κ3) is 1.87. The van der Waals surface area contributed by atoms with E-state index >= 15 is 0 Å². The average Bonchev–Trinajstić information content (AvgIpc) is 1.88. The van der Waals surface area contributed by atoms with Crippen molar-refractivity contribution in [3.05, 3.63) is 0 Å². The number of piperidine rings is 1. The van der Waals surface area contributed by atoms with E-state index in [1.54, 1.807) is 0 Å². The lowest BCUT2D eigenvalue weighted by Gasteiger charge is -2.34. The molecule has 10 heavy (non-hydrogen) atoms. The van der Waals surface area contributed by atoms with Crippen LogP contribution in [0.25, 0.3) is 0 Å². The van der Waals surface area contributed by atoms with Gasteiger partial charge in [0.15, 0.2) is 0 Å². The Hall–Kier alpha value is 0.270. The van der Waals surface area contributed by atoms with Crippen LogP contribution in [-0.2, 0) is 0 Å².